The fraction of sp³-hybridized carbons (Fsp3) is 0.640. The lowest BCUT2D eigenvalue weighted by atomic mass is 9.65. The Morgan fingerprint density at radius 1 is 1.24 bits per heavy atom. The zero-order valence-corrected chi connectivity index (χ0v) is 20.6. The summed E-state index contributed by atoms with van der Waals surface area (Å²) in [5.41, 5.74) is 0.700. The number of para-hydroxylation sites is 1. The minimum atomic E-state index is -0.698. The van der Waals surface area contributed by atoms with Crippen molar-refractivity contribution in [1.82, 2.24) is 10.2 Å². The van der Waals surface area contributed by atoms with Crippen molar-refractivity contribution in [2.24, 2.45) is 17.8 Å². The molecule has 0 aliphatic carbocycles. The van der Waals surface area contributed by atoms with Crippen LogP contribution in [0.1, 0.15) is 47.0 Å². The van der Waals surface area contributed by atoms with Gasteiger partial charge in [-0.05, 0) is 44.7 Å². The van der Waals surface area contributed by atoms with Gasteiger partial charge < -0.3 is 20.6 Å². The van der Waals surface area contributed by atoms with Gasteiger partial charge in [0.1, 0.15) is 6.04 Å². The molecule has 3 heterocycles. The monoisotopic (exact) mass is 473 g/mol. The van der Waals surface area contributed by atoms with Crippen LogP contribution in [0, 0.1) is 17.8 Å². The number of nitrogens with zero attached hydrogens (tertiary/aromatic N) is 1. The van der Waals surface area contributed by atoms with E-state index in [4.69, 9.17) is 0 Å². The highest BCUT2D eigenvalue weighted by molar-refractivity contribution is 8.02. The Balaban J connectivity index is 1.70. The number of rotatable bonds is 8. The van der Waals surface area contributed by atoms with Crippen LogP contribution >= 0.6 is 11.8 Å². The number of hydrogen-bond acceptors (Lipinski definition) is 5. The first-order chi connectivity index (χ1) is 15.8. The van der Waals surface area contributed by atoms with Crippen LogP contribution in [0.5, 0.6) is 0 Å². The van der Waals surface area contributed by atoms with Gasteiger partial charge in [-0.25, -0.2) is 0 Å². The van der Waals surface area contributed by atoms with Crippen molar-refractivity contribution in [3.05, 3.63) is 30.3 Å². The minimum absolute atomic E-state index is 0.00424. The molecule has 2 bridgehead atoms. The number of fused-ring (bicyclic) bond motifs is 1. The fourth-order valence-corrected chi connectivity index (χ4v) is 8.60. The van der Waals surface area contributed by atoms with E-state index in [0.29, 0.717) is 5.69 Å². The molecule has 0 aromatic heterocycles. The first kappa shape index (κ1) is 24.1. The van der Waals surface area contributed by atoms with E-state index in [9.17, 15) is 19.5 Å². The molecular formula is C25H35N3O4S. The van der Waals surface area contributed by atoms with E-state index in [-0.39, 0.29) is 41.5 Å². The maximum absolute atomic E-state index is 13.9. The molecule has 8 atom stereocenters. The summed E-state index contributed by atoms with van der Waals surface area (Å²) in [5.74, 6) is -1.49. The third kappa shape index (κ3) is 3.85. The average molecular weight is 474 g/mol. The summed E-state index contributed by atoms with van der Waals surface area (Å²) < 4.78 is -0.667. The molecule has 3 amide bonds. The van der Waals surface area contributed by atoms with Gasteiger partial charge in [-0.1, -0.05) is 38.5 Å². The lowest BCUT2D eigenvalue weighted by Gasteiger charge is -2.40. The van der Waals surface area contributed by atoms with Crippen LogP contribution in [0.25, 0.3) is 0 Å². The van der Waals surface area contributed by atoms with E-state index in [1.165, 1.54) is 0 Å². The normalized spacial score (nSPS) is 34.2. The van der Waals surface area contributed by atoms with Gasteiger partial charge in [-0.2, -0.15) is 0 Å². The summed E-state index contributed by atoms with van der Waals surface area (Å²) in [4.78, 5) is 42.5. The van der Waals surface area contributed by atoms with Crippen LogP contribution in [0.4, 0.5) is 5.69 Å². The number of aliphatic hydroxyl groups excluding tert-OH is 1. The number of benzene rings is 1. The lowest BCUT2D eigenvalue weighted by molar-refractivity contribution is -0.141. The average Bonchev–Trinajstić information content (AvgIpc) is 3.37. The Bertz CT molecular complexity index is 912. The van der Waals surface area contributed by atoms with E-state index in [0.717, 1.165) is 19.3 Å². The maximum Gasteiger partial charge on any atom is 0.244 e. The SMILES string of the molecule is CCCC(C)NC(=O)C1N([C@H](C)CO)C(=O)[C@@H]2[C@H](C(=O)Nc3ccccc3)[C@@H]3CC(C)C12S3. The van der Waals surface area contributed by atoms with Crippen molar-refractivity contribution in [2.45, 2.75) is 75.1 Å². The summed E-state index contributed by atoms with van der Waals surface area (Å²) in [6, 6.07) is 8.07. The van der Waals surface area contributed by atoms with E-state index in [1.807, 2.05) is 37.3 Å². The molecule has 7 nitrogen and oxygen atoms in total. The van der Waals surface area contributed by atoms with Crippen LogP contribution < -0.4 is 10.6 Å². The quantitative estimate of drug-likeness (QED) is 0.539. The molecule has 8 heteroatoms. The lowest BCUT2D eigenvalue weighted by Crippen LogP contribution is -2.59. The summed E-state index contributed by atoms with van der Waals surface area (Å²) in [6.07, 6.45) is 2.59. The standard InChI is InChI=1S/C25H35N3O4S/c1-5-9-15(3)26-23(31)21-25-14(2)12-18(33-25)19(20(25)24(32)28(21)16(4)13-29)22(30)27-17-10-7-6-8-11-17/h6-8,10-11,14-16,18-21,29H,5,9,12-13H2,1-4H3,(H,26,31)(H,27,30)/t14?,15?,16-,18+,19-,20+,21?,25?/m1/s1. The van der Waals surface area contributed by atoms with E-state index in [2.05, 4.69) is 24.5 Å². The number of aliphatic hydroxyl groups is 1. The number of anilines is 1. The maximum atomic E-state index is 13.9. The molecule has 180 valence electrons. The molecular weight excluding hydrogens is 438 g/mol. The summed E-state index contributed by atoms with van der Waals surface area (Å²) in [6.45, 7) is 7.69. The van der Waals surface area contributed by atoms with E-state index < -0.39 is 28.7 Å². The van der Waals surface area contributed by atoms with Crippen molar-refractivity contribution in [2.75, 3.05) is 11.9 Å². The van der Waals surface area contributed by atoms with Gasteiger partial charge in [0, 0.05) is 17.0 Å². The third-order valence-corrected chi connectivity index (χ3v) is 9.70. The summed E-state index contributed by atoms with van der Waals surface area (Å²) in [7, 11) is 0. The highest BCUT2D eigenvalue weighted by Crippen LogP contribution is 2.68. The highest BCUT2D eigenvalue weighted by Gasteiger charge is 2.76. The second-order valence-electron chi connectivity index (χ2n) is 9.88. The Morgan fingerprint density at radius 2 is 1.94 bits per heavy atom. The van der Waals surface area contributed by atoms with E-state index in [1.54, 1.807) is 23.6 Å². The second kappa shape index (κ2) is 9.29. The van der Waals surface area contributed by atoms with Crippen LogP contribution in [-0.4, -0.2) is 62.5 Å². The minimum Gasteiger partial charge on any atom is -0.394 e. The molecule has 3 aliphatic heterocycles. The molecule has 4 rings (SSSR count). The van der Waals surface area contributed by atoms with Crippen molar-refractivity contribution in [3.8, 4) is 0 Å². The number of hydrogen-bond donors (Lipinski definition) is 3. The van der Waals surface area contributed by atoms with Crippen LogP contribution in [0.2, 0.25) is 0 Å². The third-order valence-electron chi connectivity index (χ3n) is 7.63. The number of likely N-dealkylation sites (tertiary alicyclic amines) is 1. The molecule has 1 spiro atoms. The van der Waals surface area contributed by atoms with Crippen molar-refractivity contribution >= 4 is 35.2 Å². The number of nitrogens with one attached hydrogen (secondary N) is 2. The van der Waals surface area contributed by atoms with Crippen molar-refractivity contribution in [1.29, 1.82) is 0 Å². The fourth-order valence-electron chi connectivity index (χ4n) is 6.20. The van der Waals surface area contributed by atoms with Crippen LogP contribution in [0.3, 0.4) is 0 Å². The van der Waals surface area contributed by atoms with Gasteiger partial charge in [0.25, 0.3) is 0 Å². The predicted octanol–water partition coefficient (Wildman–Crippen LogP) is 2.65. The topological polar surface area (TPSA) is 98.7 Å². The summed E-state index contributed by atoms with van der Waals surface area (Å²) in [5, 5.41) is 16.0. The Hall–Kier alpha value is -2.06. The number of thioether (sulfide) groups is 1. The first-order valence-electron chi connectivity index (χ1n) is 12.0. The molecule has 1 aromatic rings. The molecule has 33 heavy (non-hydrogen) atoms. The molecule has 3 N–H and O–H groups in total. The second-order valence-corrected chi connectivity index (χ2v) is 11.4. The van der Waals surface area contributed by atoms with Crippen LogP contribution in [0.15, 0.2) is 30.3 Å². The van der Waals surface area contributed by atoms with Gasteiger partial charge in [0.05, 0.1) is 29.2 Å². The zero-order valence-electron chi connectivity index (χ0n) is 19.8. The molecule has 0 radical (unpaired) electrons. The Labute approximate surface area is 200 Å². The van der Waals surface area contributed by atoms with Gasteiger partial charge in [0.15, 0.2) is 0 Å². The Morgan fingerprint density at radius 3 is 2.58 bits per heavy atom. The molecule has 3 fully saturated rings. The number of amides is 3. The molecule has 3 saturated heterocycles. The highest BCUT2D eigenvalue weighted by atomic mass is 32.2. The molecule has 3 aliphatic rings. The summed E-state index contributed by atoms with van der Waals surface area (Å²) >= 11 is 1.65. The molecule has 4 unspecified atom stereocenters. The van der Waals surface area contributed by atoms with Gasteiger partial charge in [-0.15, -0.1) is 11.8 Å². The molecule has 1 aromatic carbocycles. The van der Waals surface area contributed by atoms with Crippen molar-refractivity contribution < 1.29 is 19.5 Å². The van der Waals surface area contributed by atoms with Gasteiger partial charge >= 0.3 is 0 Å². The van der Waals surface area contributed by atoms with E-state index >= 15 is 0 Å². The Kier molecular flexibility index (Phi) is 6.78. The number of carbonyl (C=O) groups excluding carboxylic acids is 3. The number of carbonyl (C=O) groups is 3. The first-order valence-corrected chi connectivity index (χ1v) is 12.9. The van der Waals surface area contributed by atoms with Crippen LogP contribution in [-0.2, 0) is 14.4 Å². The smallest absolute Gasteiger partial charge is 0.244 e. The zero-order chi connectivity index (χ0) is 23.9. The van der Waals surface area contributed by atoms with Gasteiger partial charge in [0.2, 0.25) is 17.7 Å². The van der Waals surface area contributed by atoms with Crippen molar-refractivity contribution in [3.63, 3.8) is 0 Å². The largest absolute Gasteiger partial charge is 0.394 e. The van der Waals surface area contributed by atoms with Gasteiger partial charge in [-0.3, -0.25) is 14.4 Å². The molecule has 0 saturated carbocycles. The predicted molar refractivity (Wildman–Crippen MR) is 130 cm³/mol.